The van der Waals surface area contributed by atoms with Crippen LogP contribution in [0, 0.1) is 11.8 Å². The molecule has 0 unspecified atom stereocenters. The van der Waals surface area contributed by atoms with E-state index in [1.807, 2.05) is 0 Å². The summed E-state index contributed by atoms with van der Waals surface area (Å²) in [5, 5.41) is 11.2. The quantitative estimate of drug-likeness (QED) is 0.502. The summed E-state index contributed by atoms with van der Waals surface area (Å²) >= 11 is 0. The lowest BCUT2D eigenvalue weighted by atomic mass is 10.1. The van der Waals surface area contributed by atoms with E-state index in [9.17, 15) is 9.59 Å². The van der Waals surface area contributed by atoms with Crippen LogP contribution in [0.3, 0.4) is 0 Å². The first-order valence-corrected chi connectivity index (χ1v) is 5.89. The van der Waals surface area contributed by atoms with Crippen molar-refractivity contribution in [3.8, 4) is 11.8 Å². The number of carbonyl (C=O) groups is 2. The number of ether oxygens (including phenoxy) is 1. The average Bonchev–Trinajstić information content (AvgIpc) is 2.44. The van der Waals surface area contributed by atoms with Crippen LogP contribution in [0.15, 0.2) is 18.5 Å². The number of nitrogens with two attached hydrogens (primary N) is 1. The summed E-state index contributed by atoms with van der Waals surface area (Å²) in [5.41, 5.74) is 5.62. The van der Waals surface area contributed by atoms with Crippen molar-refractivity contribution in [2.45, 2.75) is 6.42 Å². The number of carbonyl (C=O) groups excluding carboxylic acids is 2. The maximum Gasteiger partial charge on any atom is 0.404 e. The molecule has 0 saturated heterocycles. The summed E-state index contributed by atoms with van der Waals surface area (Å²) in [5.74, 6) is 5.13. The van der Waals surface area contributed by atoms with Crippen molar-refractivity contribution >= 4 is 12.0 Å². The fraction of sp³-hybridized carbons (Fsp3) is 0.308. The fourth-order valence-corrected chi connectivity index (χ4v) is 1.32. The van der Waals surface area contributed by atoms with Crippen molar-refractivity contribution in [1.29, 1.82) is 0 Å². The first-order chi connectivity index (χ1) is 9.65. The Labute approximate surface area is 116 Å². The monoisotopic (exact) mass is 277 g/mol. The van der Waals surface area contributed by atoms with Gasteiger partial charge in [0.15, 0.2) is 0 Å². The molecule has 106 valence electrons. The highest BCUT2D eigenvalue weighted by molar-refractivity contribution is 5.96. The third-order valence-electron chi connectivity index (χ3n) is 2.16. The molecule has 4 N–H and O–H groups in total. The van der Waals surface area contributed by atoms with Gasteiger partial charge in [-0.05, 0) is 6.07 Å². The molecule has 0 aliphatic rings. The van der Waals surface area contributed by atoms with Crippen LogP contribution in [-0.4, -0.2) is 41.8 Å². The van der Waals surface area contributed by atoms with Gasteiger partial charge in [-0.1, -0.05) is 11.8 Å². The minimum absolute atomic E-state index is 0.00230. The summed E-state index contributed by atoms with van der Waals surface area (Å²) in [6.07, 6.45) is 2.38. The average molecular weight is 277 g/mol. The predicted molar refractivity (Wildman–Crippen MR) is 70.7 cm³/mol. The Hall–Kier alpha value is -2.59. The van der Waals surface area contributed by atoms with E-state index in [0.29, 0.717) is 17.5 Å². The minimum atomic E-state index is -0.890. The van der Waals surface area contributed by atoms with Crippen molar-refractivity contribution < 1.29 is 19.4 Å². The summed E-state index contributed by atoms with van der Waals surface area (Å²) in [6, 6.07) is 1.53. The van der Waals surface area contributed by atoms with Crippen LogP contribution < -0.4 is 11.1 Å². The molecule has 1 aromatic heterocycles. The molecule has 7 nitrogen and oxygen atoms in total. The Morgan fingerprint density at radius 1 is 1.50 bits per heavy atom. The molecule has 0 bridgehead atoms. The largest absolute Gasteiger partial charge is 0.448 e. The fourth-order valence-electron chi connectivity index (χ4n) is 1.32. The normalized spacial score (nSPS) is 9.25. The third-order valence-corrected chi connectivity index (χ3v) is 2.16. The van der Waals surface area contributed by atoms with Crippen molar-refractivity contribution in [2.75, 3.05) is 19.8 Å². The first-order valence-electron chi connectivity index (χ1n) is 5.89. The zero-order valence-corrected chi connectivity index (χ0v) is 10.8. The van der Waals surface area contributed by atoms with Crippen LogP contribution in [0.1, 0.15) is 22.3 Å². The van der Waals surface area contributed by atoms with Gasteiger partial charge in [-0.2, -0.15) is 0 Å². The Balaban J connectivity index is 2.64. The van der Waals surface area contributed by atoms with Gasteiger partial charge in [0.25, 0.3) is 5.91 Å². The van der Waals surface area contributed by atoms with Gasteiger partial charge in [-0.15, -0.1) is 0 Å². The number of aromatic nitrogens is 1. The van der Waals surface area contributed by atoms with Crippen LogP contribution in [0.5, 0.6) is 0 Å². The lowest BCUT2D eigenvalue weighted by Crippen LogP contribution is -2.29. The van der Waals surface area contributed by atoms with Crippen LogP contribution >= 0.6 is 0 Å². The molecular weight excluding hydrogens is 262 g/mol. The van der Waals surface area contributed by atoms with E-state index < -0.39 is 6.09 Å². The Bertz CT molecular complexity index is 534. The van der Waals surface area contributed by atoms with Crippen LogP contribution in [0.2, 0.25) is 0 Å². The number of aliphatic hydroxyl groups is 1. The maximum atomic E-state index is 11.9. The smallest absolute Gasteiger partial charge is 0.404 e. The number of aliphatic hydroxyl groups excluding tert-OH is 1. The van der Waals surface area contributed by atoms with Crippen LogP contribution in [0.4, 0.5) is 4.79 Å². The van der Waals surface area contributed by atoms with Gasteiger partial charge in [-0.25, -0.2) is 4.79 Å². The summed E-state index contributed by atoms with van der Waals surface area (Å²) in [7, 11) is 0. The van der Waals surface area contributed by atoms with E-state index in [4.69, 9.17) is 10.8 Å². The highest BCUT2D eigenvalue weighted by Crippen LogP contribution is 2.05. The van der Waals surface area contributed by atoms with Crippen molar-refractivity contribution in [1.82, 2.24) is 10.3 Å². The molecule has 0 atom stereocenters. The number of amides is 2. The zero-order valence-electron chi connectivity index (χ0n) is 10.8. The van der Waals surface area contributed by atoms with Crippen LogP contribution in [-0.2, 0) is 4.74 Å². The first kappa shape index (κ1) is 15.5. The molecule has 1 heterocycles. The number of pyridine rings is 1. The molecule has 0 aromatic carbocycles. The maximum absolute atomic E-state index is 11.9. The van der Waals surface area contributed by atoms with Crippen molar-refractivity contribution in [3.05, 3.63) is 29.6 Å². The molecule has 1 aromatic rings. The molecule has 0 aliphatic heterocycles. The van der Waals surface area contributed by atoms with E-state index in [0.717, 1.165) is 0 Å². The van der Waals surface area contributed by atoms with Gasteiger partial charge in [0.05, 0.1) is 24.3 Å². The molecule has 2 amide bonds. The molecule has 0 spiro atoms. The number of hydrogen-bond acceptors (Lipinski definition) is 5. The minimum Gasteiger partial charge on any atom is -0.448 e. The highest BCUT2D eigenvalue weighted by atomic mass is 16.5. The predicted octanol–water partition coefficient (Wildman–Crippen LogP) is -0.359. The van der Waals surface area contributed by atoms with E-state index in [-0.39, 0.29) is 25.7 Å². The standard InChI is InChI=1S/C13H15N3O4/c14-13(19)20-8-6-16-12(18)11-4-5-15-9-10(11)3-1-2-7-17/h4-5,9,17H,2,6-8H2,(H2,14,19)(H,16,18). The van der Waals surface area contributed by atoms with Crippen molar-refractivity contribution in [2.24, 2.45) is 5.73 Å². The second kappa shape index (κ2) is 8.50. The number of hydrogen-bond donors (Lipinski definition) is 3. The van der Waals surface area contributed by atoms with Gasteiger partial charge in [0.2, 0.25) is 0 Å². The molecule has 20 heavy (non-hydrogen) atoms. The molecule has 0 saturated carbocycles. The van der Waals surface area contributed by atoms with Gasteiger partial charge in [0.1, 0.15) is 6.61 Å². The van der Waals surface area contributed by atoms with Crippen molar-refractivity contribution in [3.63, 3.8) is 0 Å². The van der Waals surface area contributed by atoms with Gasteiger partial charge in [0, 0.05) is 18.8 Å². The summed E-state index contributed by atoms with van der Waals surface area (Å²) in [6.45, 7) is 0.102. The van der Waals surface area contributed by atoms with Crippen LogP contribution in [0.25, 0.3) is 0 Å². The molecule has 0 radical (unpaired) electrons. The molecule has 0 aliphatic carbocycles. The SMILES string of the molecule is NC(=O)OCCNC(=O)c1ccncc1C#CCCO. The van der Waals surface area contributed by atoms with E-state index in [2.05, 4.69) is 26.9 Å². The lowest BCUT2D eigenvalue weighted by Gasteiger charge is -2.06. The van der Waals surface area contributed by atoms with Gasteiger partial charge < -0.3 is 20.9 Å². The molecule has 0 fully saturated rings. The number of primary amides is 1. The highest BCUT2D eigenvalue weighted by Gasteiger charge is 2.09. The summed E-state index contributed by atoms with van der Waals surface area (Å²) in [4.78, 5) is 26.2. The molecular formula is C13H15N3O4. The van der Waals surface area contributed by atoms with E-state index in [1.165, 1.54) is 18.5 Å². The zero-order chi connectivity index (χ0) is 14.8. The van der Waals surface area contributed by atoms with Gasteiger partial charge >= 0.3 is 6.09 Å². The molecule has 7 heteroatoms. The van der Waals surface area contributed by atoms with E-state index in [1.54, 1.807) is 0 Å². The Morgan fingerprint density at radius 3 is 3.00 bits per heavy atom. The number of nitrogens with one attached hydrogen (secondary N) is 1. The third kappa shape index (κ3) is 5.37. The number of nitrogens with zero attached hydrogens (tertiary/aromatic N) is 1. The second-order valence-electron chi connectivity index (χ2n) is 3.62. The van der Waals surface area contributed by atoms with Gasteiger partial charge in [-0.3, -0.25) is 9.78 Å². The van der Waals surface area contributed by atoms with E-state index >= 15 is 0 Å². The second-order valence-corrected chi connectivity index (χ2v) is 3.62. The summed E-state index contributed by atoms with van der Waals surface area (Å²) < 4.78 is 4.49. The Morgan fingerprint density at radius 2 is 2.30 bits per heavy atom. The topological polar surface area (TPSA) is 115 Å². The Kier molecular flexibility index (Phi) is 6.57. The molecule has 1 rings (SSSR count). The lowest BCUT2D eigenvalue weighted by molar-refractivity contribution is 0.0936. The number of rotatable bonds is 5.